The fraction of sp³-hybridized carbons (Fsp3) is 1.00. The lowest BCUT2D eigenvalue weighted by atomic mass is 10.0. The van der Waals surface area contributed by atoms with Crippen molar-refractivity contribution in [2.45, 2.75) is 58.5 Å². The Labute approximate surface area is 101 Å². The molecule has 0 spiro atoms. The van der Waals surface area contributed by atoms with E-state index in [-0.39, 0.29) is 12.6 Å². The Balaban J connectivity index is 3.67. The first kappa shape index (κ1) is 15.9. The lowest BCUT2D eigenvalue weighted by Crippen LogP contribution is -2.40. The summed E-state index contributed by atoms with van der Waals surface area (Å²) in [6.45, 7) is 7.63. The van der Waals surface area contributed by atoms with Crippen molar-refractivity contribution in [2.75, 3.05) is 20.3 Å². The second kappa shape index (κ2) is 10.1. The van der Waals surface area contributed by atoms with Crippen molar-refractivity contribution in [1.82, 2.24) is 5.32 Å². The lowest BCUT2D eigenvalue weighted by Gasteiger charge is -2.22. The van der Waals surface area contributed by atoms with E-state index in [0.717, 1.165) is 12.3 Å². The van der Waals surface area contributed by atoms with E-state index in [0.29, 0.717) is 12.6 Å². The maximum Gasteiger partial charge on any atom is 0.0616 e. The summed E-state index contributed by atoms with van der Waals surface area (Å²) >= 11 is 0. The van der Waals surface area contributed by atoms with Crippen LogP contribution in [0.3, 0.4) is 0 Å². The second-order valence-corrected chi connectivity index (χ2v) is 5.06. The summed E-state index contributed by atoms with van der Waals surface area (Å²) < 4.78 is 5.13. The van der Waals surface area contributed by atoms with Gasteiger partial charge in [0.1, 0.15) is 0 Å². The molecule has 3 nitrogen and oxygen atoms in total. The van der Waals surface area contributed by atoms with E-state index in [9.17, 15) is 0 Å². The van der Waals surface area contributed by atoms with Crippen LogP contribution in [0.2, 0.25) is 0 Å². The Morgan fingerprint density at radius 3 is 2.31 bits per heavy atom. The van der Waals surface area contributed by atoms with Crippen LogP contribution in [0.4, 0.5) is 0 Å². The highest BCUT2D eigenvalue weighted by atomic mass is 16.5. The predicted octanol–water partition coefficient (Wildman–Crippen LogP) is 2.19. The molecule has 3 heteroatoms. The van der Waals surface area contributed by atoms with Crippen LogP contribution in [0, 0.1) is 5.92 Å². The zero-order valence-corrected chi connectivity index (χ0v) is 11.3. The molecule has 16 heavy (non-hydrogen) atoms. The summed E-state index contributed by atoms with van der Waals surface area (Å²) in [7, 11) is 1.70. The molecule has 2 N–H and O–H groups in total. The minimum Gasteiger partial charge on any atom is -0.396 e. The van der Waals surface area contributed by atoms with Gasteiger partial charge in [-0.3, -0.25) is 0 Å². The maximum absolute atomic E-state index is 8.93. The summed E-state index contributed by atoms with van der Waals surface area (Å²) in [5, 5.41) is 12.4. The standard InChI is InChI=1S/C13H29NO2/c1-11(2)6-5-7-12(3)14-13(8-9-15)10-16-4/h11-15H,5-10H2,1-4H3. The average Bonchev–Trinajstić information content (AvgIpc) is 2.17. The highest BCUT2D eigenvalue weighted by molar-refractivity contribution is 4.71. The van der Waals surface area contributed by atoms with Crippen molar-refractivity contribution >= 4 is 0 Å². The van der Waals surface area contributed by atoms with E-state index in [1.807, 2.05) is 0 Å². The number of ether oxygens (including phenoxy) is 1. The lowest BCUT2D eigenvalue weighted by molar-refractivity contribution is 0.142. The number of hydrogen-bond donors (Lipinski definition) is 2. The SMILES string of the molecule is COCC(CCO)NC(C)CCCC(C)C. The third-order valence-corrected chi connectivity index (χ3v) is 2.78. The van der Waals surface area contributed by atoms with Gasteiger partial charge in [-0.15, -0.1) is 0 Å². The largest absolute Gasteiger partial charge is 0.396 e. The van der Waals surface area contributed by atoms with Crippen molar-refractivity contribution in [2.24, 2.45) is 5.92 Å². The molecule has 0 aromatic rings. The van der Waals surface area contributed by atoms with E-state index < -0.39 is 0 Å². The first-order valence-corrected chi connectivity index (χ1v) is 6.46. The fourth-order valence-electron chi connectivity index (χ4n) is 1.89. The predicted molar refractivity (Wildman–Crippen MR) is 68.7 cm³/mol. The molecular weight excluding hydrogens is 202 g/mol. The van der Waals surface area contributed by atoms with E-state index in [1.165, 1.54) is 19.3 Å². The van der Waals surface area contributed by atoms with Gasteiger partial charge in [-0.1, -0.05) is 26.7 Å². The van der Waals surface area contributed by atoms with Crippen molar-refractivity contribution in [3.8, 4) is 0 Å². The maximum atomic E-state index is 8.93. The van der Waals surface area contributed by atoms with Crippen LogP contribution >= 0.6 is 0 Å². The van der Waals surface area contributed by atoms with Gasteiger partial charge >= 0.3 is 0 Å². The quantitative estimate of drug-likeness (QED) is 0.605. The molecular formula is C13H29NO2. The summed E-state index contributed by atoms with van der Waals surface area (Å²) in [4.78, 5) is 0. The molecule has 0 saturated heterocycles. The zero-order chi connectivity index (χ0) is 12.4. The van der Waals surface area contributed by atoms with Gasteiger partial charge in [-0.25, -0.2) is 0 Å². The van der Waals surface area contributed by atoms with Crippen molar-refractivity contribution < 1.29 is 9.84 Å². The Bertz CT molecular complexity index is 145. The molecule has 0 aliphatic carbocycles. The van der Waals surface area contributed by atoms with Crippen molar-refractivity contribution in [3.05, 3.63) is 0 Å². The molecule has 0 heterocycles. The van der Waals surface area contributed by atoms with Gasteiger partial charge in [0.15, 0.2) is 0 Å². The summed E-state index contributed by atoms with van der Waals surface area (Å²) in [6, 6.07) is 0.787. The molecule has 0 aromatic carbocycles. The number of hydrogen-bond acceptors (Lipinski definition) is 3. The second-order valence-electron chi connectivity index (χ2n) is 5.06. The third kappa shape index (κ3) is 9.13. The van der Waals surface area contributed by atoms with Gasteiger partial charge < -0.3 is 15.2 Å². The third-order valence-electron chi connectivity index (χ3n) is 2.78. The van der Waals surface area contributed by atoms with Gasteiger partial charge in [0.25, 0.3) is 0 Å². The highest BCUT2D eigenvalue weighted by Gasteiger charge is 2.11. The topological polar surface area (TPSA) is 41.5 Å². The molecule has 0 aliphatic heterocycles. The summed E-state index contributed by atoms with van der Waals surface area (Å²) in [5.74, 6) is 0.791. The molecule has 98 valence electrons. The smallest absolute Gasteiger partial charge is 0.0616 e. The molecule has 0 fully saturated rings. The molecule has 2 atom stereocenters. The number of aliphatic hydroxyl groups excluding tert-OH is 1. The molecule has 0 aromatic heterocycles. The van der Waals surface area contributed by atoms with Crippen LogP contribution in [0.15, 0.2) is 0 Å². The Kier molecular flexibility index (Phi) is 9.99. The van der Waals surface area contributed by atoms with Crippen LogP contribution < -0.4 is 5.32 Å². The highest BCUT2D eigenvalue weighted by Crippen LogP contribution is 2.09. The Morgan fingerprint density at radius 1 is 1.12 bits per heavy atom. The van der Waals surface area contributed by atoms with Crippen LogP contribution in [0.5, 0.6) is 0 Å². The van der Waals surface area contributed by atoms with E-state index in [4.69, 9.17) is 9.84 Å². The van der Waals surface area contributed by atoms with Gasteiger partial charge in [0.05, 0.1) is 6.61 Å². The Morgan fingerprint density at radius 2 is 1.81 bits per heavy atom. The molecule has 0 aliphatic rings. The summed E-state index contributed by atoms with van der Waals surface area (Å²) in [6.07, 6.45) is 4.53. The fourth-order valence-corrected chi connectivity index (χ4v) is 1.89. The minimum absolute atomic E-state index is 0.222. The van der Waals surface area contributed by atoms with Crippen molar-refractivity contribution in [1.29, 1.82) is 0 Å². The molecule has 2 unspecified atom stereocenters. The van der Waals surface area contributed by atoms with E-state index >= 15 is 0 Å². The molecule has 0 saturated carbocycles. The number of methoxy groups -OCH3 is 1. The van der Waals surface area contributed by atoms with Gasteiger partial charge in [0.2, 0.25) is 0 Å². The van der Waals surface area contributed by atoms with Gasteiger partial charge in [-0.05, 0) is 25.7 Å². The van der Waals surface area contributed by atoms with Crippen LogP contribution in [0.1, 0.15) is 46.5 Å². The van der Waals surface area contributed by atoms with E-state index in [2.05, 4.69) is 26.1 Å². The van der Waals surface area contributed by atoms with Crippen LogP contribution in [-0.2, 0) is 4.74 Å². The normalized spacial score (nSPS) is 15.4. The first-order valence-electron chi connectivity index (χ1n) is 6.46. The number of nitrogens with one attached hydrogen (secondary N) is 1. The Hall–Kier alpha value is -0.120. The van der Waals surface area contributed by atoms with Crippen LogP contribution in [0.25, 0.3) is 0 Å². The van der Waals surface area contributed by atoms with E-state index in [1.54, 1.807) is 7.11 Å². The van der Waals surface area contributed by atoms with Crippen molar-refractivity contribution in [3.63, 3.8) is 0 Å². The molecule has 0 radical (unpaired) electrons. The van der Waals surface area contributed by atoms with Crippen LogP contribution in [-0.4, -0.2) is 37.5 Å². The molecule has 0 rings (SSSR count). The average molecular weight is 231 g/mol. The molecule has 0 amide bonds. The minimum atomic E-state index is 0.222. The zero-order valence-electron chi connectivity index (χ0n) is 11.3. The molecule has 0 bridgehead atoms. The number of aliphatic hydroxyl groups is 1. The summed E-state index contributed by atoms with van der Waals surface area (Å²) in [5.41, 5.74) is 0. The monoisotopic (exact) mass is 231 g/mol. The van der Waals surface area contributed by atoms with Gasteiger partial charge in [-0.2, -0.15) is 0 Å². The van der Waals surface area contributed by atoms with Gasteiger partial charge in [0, 0.05) is 25.8 Å². The first-order chi connectivity index (χ1) is 7.60. The number of rotatable bonds is 10.